The summed E-state index contributed by atoms with van der Waals surface area (Å²) in [6.45, 7) is 0. The normalized spacial score (nSPS) is 11.3. The molecule has 0 unspecified atom stereocenters. The van der Waals surface area contributed by atoms with Gasteiger partial charge in [0, 0.05) is 0 Å². The third-order valence-electron chi connectivity index (χ3n) is 1.88. The lowest BCUT2D eigenvalue weighted by molar-refractivity contribution is -0.136. The molecule has 8 heteroatoms. The topological polar surface area (TPSA) is 77.8 Å². The molecule has 0 spiro atoms. The zero-order valence-corrected chi connectivity index (χ0v) is 7.69. The highest BCUT2D eigenvalue weighted by Gasteiger charge is 2.36. The highest BCUT2D eigenvalue weighted by atomic mass is 19.4. The Bertz CT molecular complexity index is 416. The maximum Gasteiger partial charge on any atom is 0.489 e. The van der Waals surface area contributed by atoms with E-state index in [2.05, 4.69) is 0 Å². The number of carboxylic acids is 1. The third-order valence-corrected chi connectivity index (χ3v) is 1.88. The van der Waals surface area contributed by atoms with Gasteiger partial charge in [-0.05, 0) is 17.6 Å². The Balaban J connectivity index is 3.39. The second-order valence-corrected chi connectivity index (χ2v) is 2.98. The molecule has 0 bridgehead atoms. The van der Waals surface area contributed by atoms with Gasteiger partial charge in [0.1, 0.15) is 0 Å². The first-order valence-electron chi connectivity index (χ1n) is 4.04. The molecule has 86 valence electrons. The number of alkyl halides is 3. The first kappa shape index (κ1) is 12.5. The van der Waals surface area contributed by atoms with Gasteiger partial charge < -0.3 is 15.2 Å². The zero-order chi connectivity index (χ0) is 12.5. The summed E-state index contributed by atoms with van der Waals surface area (Å²) in [6, 6.07) is 1.94. The summed E-state index contributed by atoms with van der Waals surface area (Å²) in [7, 11) is -2.31. The van der Waals surface area contributed by atoms with Crippen molar-refractivity contribution in [2.24, 2.45) is 0 Å². The van der Waals surface area contributed by atoms with Gasteiger partial charge in [0.25, 0.3) is 0 Å². The lowest BCUT2D eigenvalue weighted by atomic mass is 9.76. The van der Waals surface area contributed by atoms with Crippen LogP contribution in [0.4, 0.5) is 13.2 Å². The number of carbonyl (C=O) groups is 1. The average Bonchev–Trinajstić information content (AvgIpc) is 2.15. The molecule has 0 aliphatic rings. The molecule has 1 aromatic carbocycles. The fourth-order valence-electron chi connectivity index (χ4n) is 1.16. The van der Waals surface area contributed by atoms with E-state index in [0.717, 1.165) is 12.1 Å². The molecule has 16 heavy (non-hydrogen) atoms. The van der Waals surface area contributed by atoms with Gasteiger partial charge in [0.15, 0.2) is 0 Å². The minimum absolute atomic E-state index is 0.358. The van der Waals surface area contributed by atoms with Crippen molar-refractivity contribution in [3.8, 4) is 0 Å². The number of rotatable bonds is 2. The molecule has 0 aromatic heterocycles. The van der Waals surface area contributed by atoms with Crippen molar-refractivity contribution in [2.75, 3.05) is 0 Å². The third kappa shape index (κ3) is 2.53. The molecular weight excluding hydrogens is 228 g/mol. The predicted octanol–water partition coefficient (Wildman–Crippen LogP) is 0.0834. The number of benzene rings is 1. The minimum atomic E-state index is -4.84. The fourth-order valence-corrected chi connectivity index (χ4v) is 1.16. The van der Waals surface area contributed by atoms with E-state index in [-0.39, 0.29) is 0 Å². The Labute approximate surface area is 88.1 Å². The Morgan fingerprint density at radius 1 is 1.25 bits per heavy atom. The molecule has 1 aromatic rings. The van der Waals surface area contributed by atoms with E-state index in [1.807, 2.05) is 0 Å². The molecule has 0 saturated heterocycles. The van der Waals surface area contributed by atoms with Crippen molar-refractivity contribution < 1.29 is 33.1 Å². The van der Waals surface area contributed by atoms with Crippen LogP contribution in [-0.2, 0) is 6.18 Å². The highest BCUT2D eigenvalue weighted by molar-refractivity contribution is 6.59. The second-order valence-electron chi connectivity index (χ2n) is 2.98. The van der Waals surface area contributed by atoms with Gasteiger partial charge in [-0.2, -0.15) is 13.2 Å². The van der Waals surface area contributed by atoms with E-state index in [1.54, 1.807) is 0 Å². The van der Waals surface area contributed by atoms with Gasteiger partial charge in [-0.15, -0.1) is 0 Å². The Morgan fingerprint density at radius 2 is 1.81 bits per heavy atom. The van der Waals surface area contributed by atoms with Gasteiger partial charge in [-0.1, -0.05) is 6.07 Å². The quantitative estimate of drug-likeness (QED) is 0.633. The monoisotopic (exact) mass is 234 g/mol. The van der Waals surface area contributed by atoms with Crippen LogP contribution in [0.15, 0.2) is 18.2 Å². The van der Waals surface area contributed by atoms with E-state index in [9.17, 15) is 18.0 Å². The van der Waals surface area contributed by atoms with Gasteiger partial charge in [-0.25, -0.2) is 4.79 Å². The number of halogens is 3. The van der Waals surface area contributed by atoms with E-state index in [0.29, 0.717) is 6.07 Å². The highest BCUT2D eigenvalue weighted by Crippen LogP contribution is 2.28. The van der Waals surface area contributed by atoms with Crippen LogP contribution in [0.5, 0.6) is 0 Å². The van der Waals surface area contributed by atoms with Crippen LogP contribution in [0.3, 0.4) is 0 Å². The van der Waals surface area contributed by atoms with Gasteiger partial charge in [0.05, 0.1) is 11.1 Å². The minimum Gasteiger partial charge on any atom is -0.478 e. The van der Waals surface area contributed by atoms with Gasteiger partial charge in [-0.3, -0.25) is 0 Å². The van der Waals surface area contributed by atoms with Crippen LogP contribution in [0, 0.1) is 0 Å². The standard InChI is InChI=1S/C8H6BF3O4/c10-8(11,12)5-3-4(7(13)14)1-2-6(5)9(15)16/h1-3,15-16H,(H,13,14). The largest absolute Gasteiger partial charge is 0.489 e. The molecule has 3 N–H and O–H groups in total. The van der Waals surface area contributed by atoms with Crippen LogP contribution in [0.25, 0.3) is 0 Å². The van der Waals surface area contributed by atoms with Crippen LogP contribution in [0.1, 0.15) is 15.9 Å². The fraction of sp³-hybridized carbons (Fsp3) is 0.125. The summed E-state index contributed by atoms with van der Waals surface area (Å²) in [4.78, 5) is 10.5. The van der Waals surface area contributed by atoms with E-state index >= 15 is 0 Å². The maximum absolute atomic E-state index is 12.4. The Morgan fingerprint density at radius 3 is 2.19 bits per heavy atom. The lowest BCUT2D eigenvalue weighted by Gasteiger charge is -2.12. The molecule has 0 aliphatic heterocycles. The summed E-state index contributed by atoms with van der Waals surface area (Å²) in [5, 5.41) is 25.9. The van der Waals surface area contributed by atoms with Crippen molar-refractivity contribution in [2.45, 2.75) is 6.18 Å². The molecule has 0 radical (unpaired) electrons. The van der Waals surface area contributed by atoms with Crippen molar-refractivity contribution in [1.82, 2.24) is 0 Å². The van der Waals surface area contributed by atoms with Crippen molar-refractivity contribution in [3.63, 3.8) is 0 Å². The summed E-state index contributed by atoms with van der Waals surface area (Å²) in [6.07, 6.45) is -4.84. The van der Waals surface area contributed by atoms with Crippen molar-refractivity contribution in [3.05, 3.63) is 29.3 Å². The van der Waals surface area contributed by atoms with Crippen LogP contribution < -0.4 is 5.46 Å². The second kappa shape index (κ2) is 4.15. The number of hydrogen-bond donors (Lipinski definition) is 3. The maximum atomic E-state index is 12.4. The number of hydrogen-bond acceptors (Lipinski definition) is 3. The van der Waals surface area contributed by atoms with E-state index in [4.69, 9.17) is 15.2 Å². The Kier molecular flexibility index (Phi) is 3.25. The summed E-state index contributed by atoms with van der Waals surface area (Å²) in [5.41, 5.74) is -2.73. The lowest BCUT2D eigenvalue weighted by Crippen LogP contribution is -2.36. The molecule has 4 nitrogen and oxygen atoms in total. The van der Waals surface area contributed by atoms with Gasteiger partial charge >= 0.3 is 19.3 Å². The SMILES string of the molecule is O=C(O)c1ccc(B(O)O)c(C(F)(F)F)c1. The Hall–Kier alpha value is -1.54. The molecule has 0 heterocycles. The number of carboxylic acid groups (broad SMARTS) is 1. The smallest absolute Gasteiger partial charge is 0.478 e. The van der Waals surface area contributed by atoms with E-state index < -0.39 is 35.9 Å². The van der Waals surface area contributed by atoms with E-state index in [1.165, 1.54) is 0 Å². The first-order valence-corrected chi connectivity index (χ1v) is 4.04. The average molecular weight is 234 g/mol. The van der Waals surface area contributed by atoms with Crippen molar-refractivity contribution in [1.29, 1.82) is 0 Å². The molecular formula is C8H6BF3O4. The van der Waals surface area contributed by atoms with Crippen LogP contribution >= 0.6 is 0 Å². The summed E-state index contributed by atoms with van der Waals surface area (Å²) in [5.74, 6) is -1.52. The molecule has 0 amide bonds. The molecule has 1 rings (SSSR count). The predicted molar refractivity (Wildman–Crippen MR) is 48.2 cm³/mol. The number of aromatic carboxylic acids is 1. The molecule has 0 fully saturated rings. The molecule has 0 aliphatic carbocycles. The molecule has 0 saturated carbocycles. The van der Waals surface area contributed by atoms with Crippen LogP contribution in [-0.4, -0.2) is 28.2 Å². The van der Waals surface area contributed by atoms with Crippen LogP contribution in [0.2, 0.25) is 0 Å². The first-order chi connectivity index (χ1) is 7.23. The van der Waals surface area contributed by atoms with Crippen molar-refractivity contribution >= 4 is 18.6 Å². The molecule has 0 atom stereocenters. The summed E-state index contributed by atoms with van der Waals surface area (Å²) < 4.78 is 37.3. The summed E-state index contributed by atoms with van der Waals surface area (Å²) >= 11 is 0. The van der Waals surface area contributed by atoms with Gasteiger partial charge in [0.2, 0.25) is 0 Å². The zero-order valence-electron chi connectivity index (χ0n) is 7.69.